The first kappa shape index (κ1) is 17.9. The van der Waals surface area contributed by atoms with Crippen molar-refractivity contribution < 1.29 is 9.18 Å². The lowest BCUT2D eigenvalue weighted by molar-refractivity contribution is 0.0993. The second-order valence-corrected chi connectivity index (χ2v) is 6.81. The summed E-state index contributed by atoms with van der Waals surface area (Å²) >= 11 is 1.34. The number of thiazole rings is 1. The molecule has 0 bridgehead atoms. The van der Waals surface area contributed by atoms with E-state index < -0.39 is 0 Å². The van der Waals surface area contributed by atoms with Crippen molar-refractivity contribution in [2.45, 2.75) is 19.9 Å². The van der Waals surface area contributed by atoms with Gasteiger partial charge < -0.3 is 5.32 Å². The molecule has 8 heteroatoms. The van der Waals surface area contributed by atoms with Gasteiger partial charge in [0.2, 0.25) is 0 Å². The number of hydrogen-bond donors (Lipinski definition) is 1. The van der Waals surface area contributed by atoms with Crippen LogP contribution in [0.15, 0.2) is 42.0 Å². The van der Waals surface area contributed by atoms with Gasteiger partial charge in [-0.2, -0.15) is 0 Å². The Hall–Kier alpha value is -2.87. The van der Waals surface area contributed by atoms with Gasteiger partial charge in [0.05, 0.1) is 5.69 Å². The maximum atomic E-state index is 13.0. The summed E-state index contributed by atoms with van der Waals surface area (Å²) in [7, 11) is 1.64. The predicted octanol–water partition coefficient (Wildman–Crippen LogP) is 3.84. The average molecular weight is 370 g/mol. The molecule has 2 heterocycles. The number of carbonyl (C=O) groups is 1. The van der Waals surface area contributed by atoms with Crippen molar-refractivity contribution in [2.75, 3.05) is 17.3 Å². The molecule has 1 N–H and O–H groups in total. The van der Waals surface area contributed by atoms with Gasteiger partial charge in [-0.1, -0.05) is 0 Å². The Balaban J connectivity index is 1.81. The number of benzene rings is 1. The van der Waals surface area contributed by atoms with Crippen LogP contribution in [0, 0.1) is 5.82 Å². The quantitative estimate of drug-likeness (QED) is 0.739. The molecule has 3 rings (SSSR count). The highest BCUT2D eigenvalue weighted by Gasteiger charge is 2.17. The lowest BCUT2D eigenvalue weighted by atomic mass is 10.2. The number of rotatable bonds is 5. The molecule has 3 aromatic rings. The number of aromatic nitrogens is 3. The summed E-state index contributed by atoms with van der Waals surface area (Å²) in [5.41, 5.74) is 1.74. The molecule has 0 atom stereocenters. The highest BCUT2D eigenvalue weighted by Crippen LogP contribution is 2.27. The van der Waals surface area contributed by atoms with Crippen molar-refractivity contribution in [1.29, 1.82) is 0 Å². The van der Waals surface area contributed by atoms with Crippen LogP contribution in [0.25, 0.3) is 11.4 Å². The van der Waals surface area contributed by atoms with Crippen LogP contribution >= 0.6 is 11.3 Å². The van der Waals surface area contributed by atoms with Gasteiger partial charge in [-0.3, -0.25) is 9.69 Å². The van der Waals surface area contributed by atoms with Gasteiger partial charge in [-0.05, 0) is 38.1 Å². The molecular formula is C18H18FN5OS. The molecule has 0 aliphatic rings. The summed E-state index contributed by atoms with van der Waals surface area (Å²) in [5.74, 6) is 0.0846. The van der Waals surface area contributed by atoms with Crippen LogP contribution < -0.4 is 10.2 Å². The lowest BCUT2D eigenvalue weighted by Crippen LogP contribution is -2.26. The van der Waals surface area contributed by atoms with Crippen molar-refractivity contribution in [3.8, 4) is 11.4 Å². The summed E-state index contributed by atoms with van der Waals surface area (Å²) in [4.78, 5) is 26.9. The number of carbonyl (C=O) groups excluding carboxylic acids is 1. The van der Waals surface area contributed by atoms with Gasteiger partial charge >= 0.3 is 0 Å². The zero-order chi connectivity index (χ0) is 18.7. The van der Waals surface area contributed by atoms with Crippen molar-refractivity contribution in [3.63, 3.8) is 0 Å². The van der Waals surface area contributed by atoms with Gasteiger partial charge in [0, 0.05) is 30.1 Å². The van der Waals surface area contributed by atoms with E-state index in [0.29, 0.717) is 22.1 Å². The molecule has 0 saturated carbocycles. The maximum Gasteiger partial charge on any atom is 0.259 e. The van der Waals surface area contributed by atoms with Crippen LogP contribution in [0.2, 0.25) is 0 Å². The number of nitrogens with zero attached hydrogens (tertiary/aromatic N) is 4. The van der Waals surface area contributed by atoms with Gasteiger partial charge in [-0.25, -0.2) is 19.3 Å². The Kier molecular flexibility index (Phi) is 5.22. The number of nitrogens with one attached hydrogen (secondary N) is 1. The van der Waals surface area contributed by atoms with Crippen LogP contribution in [0.1, 0.15) is 24.2 Å². The third-order valence-corrected chi connectivity index (χ3v) is 4.46. The van der Waals surface area contributed by atoms with E-state index in [4.69, 9.17) is 0 Å². The summed E-state index contributed by atoms with van der Waals surface area (Å²) in [5, 5.41) is 5.59. The zero-order valence-corrected chi connectivity index (χ0v) is 15.4. The minimum absolute atomic E-state index is 0.253. The van der Waals surface area contributed by atoms with E-state index >= 15 is 0 Å². The average Bonchev–Trinajstić information content (AvgIpc) is 3.11. The molecule has 1 aromatic carbocycles. The molecule has 0 aliphatic heterocycles. The van der Waals surface area contributed by atoms with Crippen LogP contribution in [0.4, 0.5) is 15.3 Å². The smallest absolute Gasteiger partial charge is 0.259 e. The summed E-state index contributed by atoms with van der Waals surface area (Å²) in [6.07, 6.45) is 1.48. The predicted molar refractivity (Wildman–Crippen MR) is 101 cm³/mol. The number of halogens is 1. The standard InChI is InChI=1S/C18H18FN5OS/c1-11(2)22-16-8-14(20-10-21-16)15-9-26-18(23-15)24(3)17(25)12-4-6-13(19)7-5-12/h4-11H,1-3H3,(H,20,21,22)/i19-1. The van der Waals surface area contributed by atoms with Crippen LogP contribution in [-0.4, -0.2) is 33.9 Å². The van der Waals surface area contributed by atoms with Crippen LogP contribution in [0.5, 0.6) is 0 Å². The van der Waals surface area contributed by atoms with E-state index in [2.05, 4.69) is 20.3 Å². The summed E-state index contributed by atoms with van der Waals surface area (Å²) in [6.45, 7) is 4.05. The first-order valence-electron chi connectivity index (χ1n) is 8.02. The number of anilines is 2. The largest absolute Gasteiger partial charge is 0.368 e. The molecular weight excluding hydrogens is 352 g/mol. The molecule has 26 heavy (non-hydrogen) atoms. The van der Waals surface area contributed by atoms with Gasteiger partial charge in [-0.15, -0.1) is 11.3 Å². The zero-order valence-electron chi connectivity index (χ0n) is 14.6. The van der Waals surface area contributed by atoms with Crippen LogP contribution in [0.3, 0.4) is 0 Å². The third-order valence-electron chi connectivity index (χ3n) is 3.54. The second kappa shape index (κ2) is 7.57. The fourth-order valence-corrected chi connectivity index (χ4v) is 3.06. The highest BCUT2D eigenvalue weighted by molar-refractivity contribution is 7.14. The molecule has 0 fully saturated rings. The Morgan fingerprint density at radius 3 is 2.62 bits per heavy atom. The second-order valence-electron chi connectivity index (χ2n) is 5.97. The topological polar surface area (TPSA) is 71.0 Å². The van der Waals surface area contributed by atoms with Crippen molar-refractivity contribution in [2.24, 2.45) is 0 Å². The van der Waals surface area contributed by atoms with Crippen molar-refractivity contribution in [1.82, 2.24) is 15.0 Å². The molecule has 2 aromatic heterocycles. The van der Waals surface area contributed by atoms with Gasteiger partial charge in [0.25, 0.3) is 5.91 Å². The normalized spacial score (nSPS) is 10.8. The van der Waals surface area contributed by atoms with E-state index in [9.17, 15) is 9.18 Å². The van der Waals surface area contributed by atoms with E-state index in [1.807, 2.05) is 25.3 Å². The van der Waals surface area contributed by atoms with Crippen LogP contribution in [-0.2, 0) is 0 Å². The third kappa shape index (κ3) is 4.02. The fourth-order valence-electron chi connectivity index (χ4n) is 2.28. The Morgan fingerprint density at radius 1 is 1.19 bits per heavy atom. The minimum atomic E-state index is -0.379. The Bertz CT molecular complexity index is 910. The molecule has 0 radical (unpaired) electrons. The van der Waals surface area contributed by atoms with Gasteiger partial charge in [0.1, 0.15) is 23.7 Å². The minimum Gasteiger partial charge on any atom is -0.368 e. The highest BCUT2D eigenvalue weighted by atomic mass is 32.1. The van der Waals surface area contributed by atoms with Gasteiger partial charge in [0.15, 0.2) is 5.13 Å². The molecule has 6 nitrogen and oxygen atoms in total. The first-order chi connectivity index (χ1) is 12.4. The van der Waals surface area contributed by atoms with Crippen molar-refractivity contribution in [3.05, 3.63) is 53.4 Å². The summed E-state index contributed by atoms with van der Waals surface area (Å²) < 4.78 is 13.0. The van der Waals surface area contributed by atoms with E-state index in [-0.39, 0.29) is 17.8 Å². The molecule has 134 valence electrons. The Labute approximate surface area is 154 Å². The lowest BCUT2D eigenvalue weighted by Gasteiger charge is -2.13. The first-order valence-corrected chi connectivity index (χ1v) is 8.90. The molecule has 0 unspecified atom stereocenters. The fraction of sp³-hybridized carbons (Fsp3) is 0.222. The molecule has 0 aliphatic carbocycles. The monoisotopic (exact) mass is 370 g/mol. The molecule has 0 spiro atoms. The summed E-state index contributed by atoms with van der Waals surface area (Å²) in [6, 6.07) is 7.51. The SMILES string of the molecule is CC(C)Nc1cc(-c2csc(N(C)C(=O)c3ccc([18F])cc3)n2)ncn1. The molecule has 1 amide bonds. The number of amides is 1. The number of hydrogen-bond acceptors (Lipinski definition) is 6. The van der Waals surface area contributed by atoms with E-state index in [1.165, 1.54) is 46.8 Å². The molecule has 0 saturated heterocycles. The Morgan fingerprint density at radius 2 is 1.92 bits per heavy atom. The van der Waals surface area contributed by atoms with Crippen molar-refractivity contribution >= 4 is 28.2 Å². The van der Waals surface area contributed by atoms with E-state index in [1.54, 1.807) is 7.05 Å². The van der Waals surface area contributed by atoms with E-state index in [0.717, 1.165) is 5.82 Å². The maximum absolute atomic E-state index is 13.0.